The van der Waals surface area contributed by atoms with Gasteiger partial charge in [-0.2, -0.15) is 0 Å². The van der Waals surface area contributed by atoms with E-state index in [-0.39, 0.29) is 30.1 Å². The molecule has 1 aromatic rings. The molecule has 0 spiro atoms. The zero-order valence-electron chi connectivity index (χ0n) is 23.0. The predicted molar refractivity (Wildman–Crippen MR) is 147 cm³/mol. The first-order valence-corrected chi connectivity index (χ1v) is 14.4. The van der Waals surface area contributed by atoms with Crippen molar-refractivity contribution in [1.82, 2.24) is 4.98 Å². The minimum atomic E-state index is -1.32. The second-order valence-corrected chi connectivity index (χ2v) is 12.4. The number of aromatic amines is 1. The summed E-state index contributed by atoms with van der Waals surface area (Å²) in [7, 11) is 1.43. The molecule has 1 saturated carbocycles. The zero-order chi connectivity index (χ0) is 28.6. The van der Waals surface area contributed by atoms with Crippen LogP contribution in [-0.2, 0) is 19.0 Å². The maximum absolute atomic E-state index is 12.9. The molecule has 1 aromatic heterocycles. The smallest absolute Gasteiger partial charge is 0.355 e. The lowest BCUT2D eigenvalue weighted by atomic mass is 9.65. The van der Waals surface area contributed by atoms with Gasteiger partial charge in [0.1, 0.15) is 17.9 Å². The van der Waals surface area contributed by atoms with E-state index in [2.05, 4.69) is 20.9 Å². The van der Waals surface area contributed by atoms with Crippen molar-refractivity contribution in [2.24, 2.45) is 29.6 Å². The lowest BCUT2D eigenvalue weighted by Gasteiger charge is -2.45. The standard InChI is InChI=1S/C29H40BrNO8/c1-14-10-15(2)29(36)13-18(6-7-19(29)11-23(37-5)28(35)38-25(14)17(4)32)20-12-22(33)16(3)26(20)39-27(34)21-8-9-24(30)31-21/h6-10,14,16-20,22-23,25-26,31-33,36H,11-13H2,1-5H3/b15-10+/t14-,16-,17-,18?,19-,20-,22+,23+,25+,26-,29+/m1/s1. The van der Waals surface area contributed by atoms with Gasteiger partial charge in [-0.25, -0.2) is 9.59 Å². The Hall–Kier alpha value is -1.98. The molecule has 0 amide bonds. The van der Waals surface area contributed by atoms with Crippen molar-refractivity contribution in [1.29, 1.82) is 0 Å². The van der Waals surface area contributed by atoms with Crippen LogP contribution in [0.25, 0.3) is 0 Å². The second kappa shape index (κ2) is 11.9. The van der Waals surface area contributed by atoms with Gasteiger partial charge in [0.05, 0.1) is 22.4 Å². The second-order valence-electron chi connectivity index (χ2n) is 11.5. The molecule has 9 nitrogen and oxygen atoms in total. The summed E-state index contributed by atoms with van der Waals surface area (Å²) in [5.41, 5.74) is -0.289. The van der Waals surface area contributed by atoms with E-state index in [4.69, 9.17) is 14.2 Å². The summed E-state index contributed by atoms with van der Waals surface area (Å²) >= 11 is 3.31. The lowest BCUT2D eigenvalue weighted by molar-refractivity contribution is -0.171. The number of carbonyl (C=O) groups excluding carboxylic acids is 2. The summed E-state index contributed by atoms with van der Waals surface area (Å²) in [6, 6.07) is 3.36. The Morgan fingerprint density at radius 2 is 1.97 bits per heavy atom. The molecule has 1 fully saturated rings. The van der Waals surface area contributed by atoms with Crippen LogP contribution in [0.2, 0.25) is 0 Å². The third-order valence-corrected chi connectivity index (χ3v) is 9.39. The predicted octanol–water partition coefficient (Wildman–Crippen LogP) is 3.54. The monoisotopic (exact) mass is 609 g/mol. The fourth-order valence-corrected chi connectivity index (χ4v) is 6.91. The van der Waals surface area contributed by atoms with Crippen LogP contribution >= 0.6 is 15.9 Å². The van der Waals surface area contributed by atoms with Gasteiger partial charge in [0.15, 0.2) is 6.10 Å². The average molecular weight is 611 g/mol. The lowest BCUT2D eigenvalue weighted by Crippen LogP contribution is -2.49. The summed E-state index contributed by atoms with van der Waals surface area (Å²) in [6.07, 6.45) is 2.94. The summed E-state index contributed by atoms with van der Waals surface area (Å²) in [5, 5.41) is 33.4. The quantitative estimate of drug-likeness (QED) is 0.294. The van der Waals surface area contributed by atoms with Crippen molar-refractivity contribution in [3.63, 3.8) is 0 Å². The maximum Gasteiger partial charge on any atom is 0.355 e. The van der Waals surface area contributed by atoms with Crippen LogP contribution in [0.5, 0.6) is 0 Å². The molecule has 10 heteroatoms. The fourth-order valence-electron chi connectivity index (χ4n) is 6.57. The molecule has 0 bridgehead atoms. The number of hydrogen-bond donors (Lipinski definition) is 4. The minimum absolute atomic E-state index is 0.193. The van der Waals surface area contributed by atoms with E-state index >= 15 is 0 Å². The topological polar surface area (TPSA) is 138 Å². The highest BCUT2D eigenvalue weighted by Gasteiger charge is 2.51. The highest BCUT2D eigenvalue weighted by molar-refractivity contribution is 9.10. The highest BCUT2D eigenvalue weighted by atomic mass is 79.9. The average Bonchev–Trinajstić information content (AvgIpc) is 3.44. The van der Waals surface area contributed by atoms with Crippen LogP contribution in [0.4, 0.5) is 0 Å². The number of allylic oxidation sites excluding steroid dienone is 1. The largest absolute Gasteiger partial charge is 0.457 e. The number of ether oxygens (including phenoxy) is 3. The van der Waals surface area contributed by atoms with E-state index in [0.29, 0.717) is 28.7 Å². The Bertz CT molecular complexity index is 1110. The number of halogens is 1. The van der Waals surface area contributed by atoms with E-state index in [9.17, 15) is 24.9 Å². The Labute approximate surface area is 237 Å². The number of aliphatic hydroxyl groups excluding tert-OH is 2. The first kappa shape index (κ1) is 30.0. The minimum Gasteiger partial charge on any atom is -0.457 e. The number of H-pyrrole nitrogens is 1. The zero-order valence-corrected chi connectivity index (χ0v) is 24.6. The van der Waals surface area contributed by atoms with Gasteiger partial charge in [-0.1, -0.05) is 32.1 Å². The number of esters is 2. The molecule has 4 N–H and O–H groups in total. The summed E-state index contributed by atoms with van der Waals surface area (Å²) in [5.74, 6) is -2.55. The number of aliphatic hydroxyl groups is 3. The van der Waals surface area contributed by atoms with E-state index < -0.39 is 54.0 Å². The van der Waals surface area contributed by atoms with Crippen molar-refractivity contribution >= 4 is 27.9 Å². The van der Waals surface area contributed by atoms with Gasteiger partial charge in [0.2, 0.25) is 0 Å². The normalized spacial score (nSPS) is 41.2. The number of rotatable bonds is 5. The first-order chi connectivity index (χ1) is 18.3. The summed E-state index contributed by atoms with van der Waals surface area (Å²) in [4.78, 5) is 28.8. The van der Waals surface area contributed by atoms with Crippen molar-refractivity contribution in [2.75, 3.05) is 7.11 Å². The van der Waals surface area contributed by atoms with E-state index in [1.54, 1.807) is 19.1 Å². The van der Waals surface area contributed by atoms with Gasteiger partial charge >= 0.3 is 11.9 Å². The van der Waals surface area contributed by atoms with Gasteiger partial charge in [0, 0.05) is 30.8 Å². The van der Waals surface area contributed by atoms with Crippen molar-refractivity contribution < 1.29 is 39.1 Å². The highest BCUT2D eigenvalue weighted by Crippen LogP contribution is 2.48. The Morgan fingerprint density at radius 1 is 1.26 bits per heavy atom. The molecule has 0 saturated heterocycles. The molecule has 2 heterocycles. The van der Waals surface area contributed by atoms with E-state index in [1.807, 2.05) is 39.0 Å². The van der Waals surface area contributed by atoms with Crippen molar-refractivity contribution in [3.8, 4) is 0 Å². The van der Waals surface area contributed by atoms with Gasteiger partial charge in [-0.05, 0) is 72.7 Å². The van der Waals surface area contributed by atoms with E-state index in [0.717, 1.165) is 0 Å². The SMILES string of the molecule is CO[C@H]1C[C@H]2C=CC([C@H]3C[C@H](O)[C@@H](C)[C@H]3OC(=O)c3ccc(Br)[nH]3)C[C@]2(O)/C(C)=C/[C@@H](C)[C@@H]([C@@H](C)O)OC1=O. The molecule has 0 radical (unpaired) electrons. The van der Waals surface area contributed by atoms with Crippen LogP contribution in [0.15, 0.2) is 40.5 Å². The number of carbonyl (C=O) groups is 2. The molecule has 1 aliphatic heterocycles. The van der Waals surface area contributed by atoms with Gasteiger partial charge in [-0.15, -0.1) is 0 Å². The maximum atomic E-state index is 12.9. The molecule has 4 rings (SSSR count). The number of hydrogen-bond acceptors (Lipinski definition) is 8. The van der Waals surface area contributed by atoms with Crippen LogP contribution in [0.1, 0.15) is 57.4 Å². The molecule has 2 aliphatic carbocycles. The number of aromatic nitrogens is 1. The third-order valence-electron chi connectivity index (χ3n) is 8.93. The van der Waals surface area contributed by atoms with Crippen LogP contribution in [-0.4, -0.2) is 75.5 Å². The van der Waals surface area contributed by atoms with Gasteiger partial charge in [0.25, 0.3) is 0 Å². The number of nitrogens with one attached hydrogen (secondary N) is 1. The number of cyclic esters (lactones) is 1. The molecule has 39 heavy (non-hydrogen) atoms. The van der Waals surface area contributed by atoms with Crippen LogP contribution in [0.3, 0.4) is 0 Å². The Kier molecular flexibility index (Phi) is 9.12. The van der Waals surface area contributed by atoms with Crippen LogP contribution < -0.4 is 0 Å². The molecule has 3 aliphatic rings. The molecule has 1 unspecified atom stereocenters. The number of methoxy groups -OCH3 is 1. The summed E-state index contributed by atoms with van der Waals surface area (Å²) < 4.78 is 17.7. The molecular weight excluding hydrogens is 570 g/mol. The van der Waals surface area contributed by atoms with Crippen molar-refractivity contribution in [3.05, 3.63) is 46.2 Å². The van der Waals surface area contributed by atoms with E-state index in [1.165, 1.54) is 7.11 Å². The molecule has 11 atom stereocenters. The van der Waals surface area contributed by atoms with Crippen LogP contribution in [0, 0.1) is 29.6 Å². The van der Waals surface area contributed by atoms with Gasteiger partial charge < -0.3 is 34.5 Å². The molecule has 0 aromatic carbocycles. The Morgan fingerprint density at radius 3 is 2.59 bits per heavy atom. The molecule has 216 valence electrons. The van der Waals surface area contributed by atoms with Crippen molar-refractivity contribution in [2.45, 2.75) is 83.1 Å². The summed E-state index contributed by atoms with van der Waals surface area (Å²) in [6.45, 7) is 7.15. The first-order valence-electron chi connectivity index (χ1n) is 13.6. The Balaban J connectivity index is 1.65. The fraction of sp³-hybridized carbons (Fsp3) is 0.655. The third kappa shape index (κ3) is 6.05. The van der Waals surface area contributed by atoms with Gasteiger partial charge in [-0.3, -0.25) is 0 Å². The molecular formula is C29H40BrNO8. The number of fused-ring (bicyclic) bond motifs is 1.